The van der Waals surface area contributed by atoms with Gasteiger partial charge in [-0.3, -0.25) is 9.59 Å². The molecule has 32 heavy (non-hydrogen) atoms. The molecular weight excluding hydrogens is 496 g/mol. The van der Waals surface area contributed by atoms with Crippen LogP contribution in [0.15, 0.2) is 58.1 Å². The molecular formula is C24H20BrClN2O4. The normalized spacial score (nSPS) is 25.8. The smallest absolute Gasteiger partial charge is 0.254 e. The van der Waals surface area contributed by atoms with E-state index in [1.165, 1.54) is 6.21 Å². The number of fused-ring (bicyclic) bond motifs is 5. The van der Waals surface area contributed by atoms with Gasteiger partial charge in [0.1, 0.15) is 6.61 Å². The molecule has 2 bridgehead atoms. The van der Waals surface area contributed by atoms with E-state index in [0.717, 1.165) is 17.0 Å². The number of amides is 2. The van der Waals surface area contributed by atoms with E-state index in [4.69, 9.17) is 21.1 Å². The number of hydrogen-bond acceptors (Lipinski definition) is 5. The van der Waals surface area contributed by atoms with Crippen molar-refractivity contribution in [3.05, 3.63) is 69.2 Å². The Bertz CT molecular complexity index is 1120. The standard InChI is InChI=1S/C24H20BrClN2O4/c1-31-19-9-14(8-18(25)22(19)32-12-13-2-6-17(26)7-3-13)11-27-28-23(29)20-15-4-5-16(10-15)21(20)24(28)30/h2-9,11,15-16,20-21H,10,12H2,1H3/b27-11-/t15-,16-,20+,21+/m0/s1. The number of hydrogen-bond donors (Lipinski definition) is 0. The largest absolute Gasteiger partial charge is 0.493 e. The maximum absolute atomic E-state index is 12.8. The molecule has 1 aliphatic heterocycles. The van der Waals surface area contributed by atoms with Gasteiger partial charge in [-0.05, 0) is 69.6 Å². The van der Waals surface area contributed by atoms with E-state index < -0.39 is 0 Å². The Labute approximate surface area is 199 Å². The van der Waals surface area contributed by atoms with E-state index in [0.29, 0.717) is 33.2 Å². The molecule has 1 saturated carbocycles. The van der Waals surface area contributed by atoms with Crippen molar-refractivity contribution in [3.8, 4) is 11.5 Å². The molecule has 164 valence electrons. The van der Waals surface area contributed by atoms with Gasteiger partial charge in [0.05, 0.1) is 29.6 Å². The average Bonchev–Trinajstić information content (AvgIpc) is 3.46. The highest BCUT2D eigenvalue weighted by Gasteiger charge is 2.59. The molecule has 2 aliphatic carbocycles. The third-order valence-electron chi connectivity index (χ3n) is 6.32. The van der Waals surface area contributed by atoms with Gasteiger partial charge in [-0.15, -0.1) is 0 Å². The predicted molar refractivity (Wildman–Crippen MR) is 124 cm³/mol. The number of hydrazone groups is 1. The Balaban J connectivity index is 1.33. The maximum atomic E-state index is 12.8. The molecule has 0 spiro atoms. The average molecular weight is 516 g/mol. The number of methoxy groups -OCH3 is 1. The van der Waals surface area contributed by atoms with Crippen LogP contribution in [0.5, 0.6) is 11.5 Å². The highest BCUT2D eigenvalue weighted by molar-refractivity contribution is 9.10. The molecule has 0 N–H and O–H groups in total. The lowest BCUT2D eigenvalue weighted by Gasteiger charge is -2.14. The van der Waals surface area contributed by atoms with E-state index >= 15 is 0 Å². The molecule has 3 aliphatic rings. The summed E-state index contributed by atoms with van der Waals surface area (Å²) in [6.45, 7) is 0.343. The van der Waals surface area contributed by atoms with Gasteiger partial charge < -0.3 is 9.47 Å². The van der Waals surface area contributed by atoms with Crippen LogP contribution >= 0.6 is 27.5 Å². The van der Waals surface area contributed by atoms with E-state index in [-0.39, 0.29) is 35.5 Å². The summed E-state index contributed by atoms with van der Waals surface area (Å²) in [5.74, 6) is 0.433. The summed E-state index contributed by atoms with van der Waals surface area (Å²) >= 11 is 9.45. The molecule has 2 amide bonds. The first-order chi connectivity index (χ1) is 15.5. The predicted octanol–water partition coefficient (Wildman–Crippen LogP) is 4.83. The SMILES string of the molecule is COc1cc(/C=N\N2C(=O)[C@H]3[C@H](C2=O)[C@H]2C=C[C@H]3C2)cc(Br)c1OCc1ccc(Cl)cc1. The summed E-state index contributed by atoms with van der Waals surface area (Å²) in [7, 11) is 1.55. The van der Waals surface area contributed by atoms with Crippen LogP contribution in [0, 0.1) is 23.7 Å². The Hall–Kier alpha value is -2.64. The lowest BCUT2D eigenvalue weighted by Crippen LogP contribution is -2.28. The fourth-order valence-corrected chi connectivity index (χ4v) is 5.52. The first-order valence-electron chi connectivity index (χ1n) is 10.3. The molecule has 4 atom stereocenters. The van der Waals surface area contributed by atoms with Crippen LogP contribution in [-0.2, 0) is 16.2 Å². The van der Waals surface area contributed by atoms with E-state index in [1.54, 1.807) is 19.2 Å². The molecule has 8 heteroatoms. The van der Waals surface area contributed by atoms with Crippen molar-refractivity contribution in [2.45, 2.75) is 13.0 Å². The Morgan fingerprint density at radius 1 is 1.12 bits per heavy atom. The van der Waals surface area contributed by atoms with Crippen molar-refractivity contribution in [1.82, 2.24) is 5.01 Å². The minimum absolute atomic E-state index is 0.160. The second-order valence-corrected chi connectivity index (χ2v) is 9.47. The summed E-state index contributed by atoms with van der Waals surface area (Å²) in [5.41, 5.74) is 1.64. The monoisotopic (exact) mass is 514 g/mol. The Morgan fingerprint density at radius 3 is 2.41 bits per heavy atom. The van der Waals surface area contributed by atoms with Gasteiger partial charge >= 0.3 is 0 Å². The van der Waals surface area contributed by atoms with E-state index in [1.807, 2.05) is 24.3 Å². The van der Waals surface area contributed by atoms with Gasteiger partial charge in [0.15, 0.2) is 11.5 Å². The minimum Gasteiger partial charge on any atom is -0.493 e. The van der Waals surface area contributed by atoms with Crippen LogP contribution in [0.3, 0.4) is 0 Å². The van der Waals surface area contributed by atoms with E-state index in [2.05, 4.69) is 33.2 Å². The summed E-state index contributed by atoms with van der Waals surface area (Å²) < 4.78 is 12.1. The van der Waals surface area contributed by atoms with Crippen LogP contribution in [0.4, 0.5) is 0 Å². The molecule has 2 fully saturated rings. The zero-order chi connectivity index (χ0) is 22.4. The van der Waals surface area contributed by atoms with Crippen LogP contribution in [0.25, 0.3) is 0 Å². The topological polar surface area (TPSA) is 68.2 Å². The molecule has 0 unspecified atom stereocenters. The van der Waals surface area contributed by atoms with Crippen molar-refractivity contribution < 1.29 is 19.1 Å². The second-order valence-electron chi connectivity index (χ2n) is 8.18. The van der Waals surface area contributed by atoms with Crippen molar-refractivity contribution in [3.63, 3.8) is 0 Å². The lowest BCUT2D eigenvalue weighted by molar-refractivity contribution is -0.140. The fourth-order valence-electron chi connectivity index (χ4n) is 4.82. The lowest BCUT2D eigenvalue weighted by atomic mass is 9.85. The van der Waals surface area contributed by atoms with Crippen molar-refractivity contribution in [2.75, 3.05) is 7.11 Å². The number of nitrogens with zero attached hydrogens (tertiary/aromatic N) is 2. The quantitative estimate of drug-likeness (QED) is 0.314. The number of allylic oxidation sites excluding steroid dienone is 2. The Kier molecular flexibility index (Phi) is 5.55. The molecule has 2 aromatic carbocycles. The van der Waals surface area contributed by atoms with Crippen LogP contribution in [-0.4, -0.2) is 30.1 Å². The number of ether oxygens (including phenoxy) is 2. The highest BCUT2D eigenvalue weighted by Crippen LogP contribution is 2.52. The van der Waals surface area contributed by atoms with Gasteiger partial charge in [0.25, 0.3) is 11.8 Å². The number of imide groups is 1. The van der Waals surface area contributed by atoms with Gasteiger partial charge in [-0.25, -0.2) is 0 Å². The highest BCUT2D eigenvalue weighted by atomic mass is 79.9. The third-order valence-corrected chi connectivity index (χ3v) is 7.16. The molecule has 5 rings (SSSR count). The van der Waals surface area contributed by atoms with Gasteiger partial charge in [0, 0.05) is 5.02 Å². The number of carbonyl (C=O) groups is 2. The summed E-state index contributed by atoms with van der Waals surface area (Å²) in [6.07, 6.45) is 6.53. The van der Waals surface area contributed by atoms with Gasteiger partial charge in [-0.2, -0.15) is 10.1 Å². The van der Waals surface area contributed by atoms with Crippen LogP contribution < -0.4 is 9.47 Å². The number of halogens is 2. The zero-order valence-electron chi connectivity index (χ0n) is 17.2. The molecule has 6 nitrogen and oxygen atoms in total. The van der Waals surface area contributed by atoms with Crippen LogP contribution in [0.1, 0.15) is 17.5 Å². The molecule has 2 aromatic rings. The van der Waals surface area contributed by atoms with Gasteiger partial charge in [0.2, 0.25) is 0 Å². The minimum atomic E-state index is -0.264. The number of benzene rings is 2. The zero-order valence-corrected chi connectivity index (χ0v) is 19.5. The molecule has 1 heterocycles. The van der Waals surface area contributed by atoms with Crippen LogP contribution in [0.2, 0.25) is 5.02 Å². The summed E-state index contributed by atoms with van der Waals surface area (Å²) in [6, 6.07) is 11.0. The van der Waals surface area contributed by atoms with E-state index in [9.17, 15) is 9.59 Å². The molecule has 0 aromatic heterocycles. The maximum Gasteiger partial charge on any atom is 0.254 e. The fraction of sp³-hybridized carbons (Fsp3) is 0.292. The first-order valence-corrected chi connectivity index (χ1v) is 11.5. The van der Waals surface area contributed by atoms with Crippen molar-refractivity contribution in [2.24, 2.45) is 28.8 Å². The summed E-state index contributed by atoms with van der Waals surface area (Å²) in [4.78, 5) is 25.6. The van der Waals surface area contributed by atoms with Crippen molar-refractivity contribution in [1.29, 1.82) is 0 Å². The van der Waals surface area contributed by atoms with Crippen molar-refractivity contribution >= 4 is 45.6 Å². The summed E-state index contributed by atoms with van der Waals surface area (Å²) in [5, 5.41) is 5.93. The number of carbonyl (C=O) groups excluding carboxylic acids is 2. The number of rotatable bonds is 6. The first kappa shape index (κ1) is 21.2. The second kappa shape index (κ2) is 8.37. The molecule has 1 saturated heterocycles. The molecule has 0 radical (unpaired) electrons. The third kappa shape index (κ3) is 3.63. The van der Waals surface area contributed by atoms with Gasteiger partial charge in [-0.1, -0.05) is 35.9 Å². The Morgan fingerprint density at radius 2 is 1.78 bits per heavy atom.